The second kappa shape index (κ2) is 15.7. The minimum atomic E-state index is -1.24. The lowest BCUT2D eigenvalue weighted by atomic mass is 9.73. The molecule has 2 atom stereocenters. The molecule has 0 aromatic heterocycles. The van der Waals surface area contributed by atoms with Crippen molar-refractivity contribution in [2.24, 2.45) is 11.8 Å². The highest BCUT2D eigenvalue weighted by Crippen LogP contribution is 2.38. The van der Waals surface area contributed by atoms with E-state index in [0.29, 0.717) is 30.8 Å². The summed E-state index contributed by atoms with van der Waals surface area (Å²) in [5.74, 6) is -0.474. The lowest BCUT2D eigenvalue weighted by Gasteiger charge is -2.31. The van der Waals surface area contributed by atoms with Gasteiger partial charge in [-0.15, -0.1) is 0 Å². The first-order chi connectivity index (χ1) is 19.6. The van der Waals surface area contributed by atoms with Crippen molar-refractivity contribution in [3.05, 3.63) is 87.5 Å². The number of rotatable bonds is 16. The third kappa shape index (κ3) is 9.72. The summed E-state index contributed by atoms with van der Waals surface area (Å²) in [6.07, 6.45) is 3.96. The Bertz CT molecular complexity index is 1220. The maximum Gasteiger partial charge on any atom is 0.277 e. The van der Waals surface area contributed by atoms with Crippen molar-refractivity contribution in [2.45, 2.75) is 38.7 Å². The highest BCUT2D eigenvalue weighted by molar-refractivity contribution is 6.76. The van der Waals surface area contributed by atoms with Gasteiger partial charge < -0.3 is 24.1 Å². The van der Waals surface area contributed by atoms with E-state index in [0.717, 1.165) is 17.4 Å². The quantitative estimate of drug-likeness (QED) is 0.0672. The Balaban J connectivity index is 1.74. The smallest absolute Gasteiger partial charge is 0.277 e. The van der Waals surface area contributed by atoms with Crippen LogP contribution in [-0.2, 0) is 25.6 Å². The fourth-order valence-corrected chi connectivity index (χ4v) is 5.42. The standard InChI is InChI=1S/C31H41NO8Si/c1-37-25-11-9-23(10-12-25)20-38-16-15-24(19-33)26-13-14-28(27-7-5-6-8-30(27)32(35)36)31(34)29(26)21-40-22-39-17-18-41(2,3)4/h5-12,14-15,26,29,33H,13,16-22H2,1-4H3/b24-15+/t26-,29-/m0/s1. The number of ether oxygens (including phenoxy) is 4. The zero-order chi connectivity index (χ0) is 29.8. The van der Waals surface area contributed by atoms with Gasteiger partial charge in [-0.1, -0.05) is 56.1 Å². The van der Waals surface area contributed by atoms with E-state index >= 15 is 0 Å². The fourth-order valence-electron chi connectivity index (χ4n) is 4.67. The van der Waals surface area contributed by atoms with Gasteiger partial charge in [0.05, 0.1) is 49.9 Å². The van der Waals surface area contributed by atoms with Gasteiger partial charge in [-0.05, 0) is 47.7 Å². The van der Waals surface area contributed by atoms with Gasteiger partial charge >= 0.3 is 0 Å². The average molecular weight is 584 g/mol. The van der Waals surface area contributed by atoms with Crippen LogP contribution in [0.4, 0.5) is 5.69 Å². The van der Waals surface area contributed by atoms with E-state index in [-0.39, 0.29) is 49.6 Å². The van der Waals surface area contributed by atoms with Crippen LogP contribution >= 0.6 is 0 Å². The SMILES string of the molecule is COc1ccc(COC/C=C(\CO)[C@@H]2CC=C(c3ccccc3[N+](=O)[O-])C(=O)[C@H]2COCOCC[Si](C)(C)C)cc1. The number of carbonyl (C=O) groups excluding carboxylic acids is 1. The molecule has 1 N–H and O–H groups in total. The molecular formula is C31H41NO8Si. The summed E-state index contributed by atoms with van der Waals surface area (Å²) in [6.45, 7) is 7.89. The van der Waals surface area contributed by atoms with Crippen LogP contribution in [-0.4, -0.2) is 64.2 Å². The molecule has 0 unspecified atom stereocenters. The van der Waals surface area contributed by atoms with Crippen LogP contribution in [0.5, 0.6) is 5.75 Å². The summed E-state index contributed by atoms with van der Waals surface area (Å²) in [5, 5.41) is 21.9. The van der Waals surface area contributed by atoms with Gasteiger partial charge in [0.15, 0.2) is 5.78 Å². The number of hydrogen-bond acceptors (Lipinski definition) is 8. The van der Waals surface area contributed by atoms with Crippen molar-refractivity contribution < 1.29 is 33.8 Å². The van der Waals surface area contributed by atoms with E-state index in [1.807, 2.05) is 30.3 Å². The number of ketones is 1. The molecule has 2 aromatic carbocycles. The molecule has 3 rings (SSSR count). The first-order valence-corrected chi connectivity index (χ1v) is 17.5. The molecule has 0 heterocycles. The Labute approximate surface area is 242 Å². The van der Waals surface area contributed by atoms with Crippen molar-refractivity contribution in [3.63, 3.8) is 0 Å². The van der Waals surface area contributed by atoms with Gasteiger partial charge in [0.2, 0.25) is 0 Å². The summed E-state index contributed by atoms with van der Waals surface area (Å²) >= 11 is 0. The van der Waals surface area contributed by atoms with Gasteiger partial charge in [0.1, 0.15) is 12.5 Å². The number of nitro benzene ring substituents is 1. The molecule has 0 radical (unpaired) electrons. The molecule has 2 aromatic rings. The molecule has 0 saturated heterocycles. The molecule has 1 aliphatic carbocycles. The third-order valence-electron chi connectivity index (χ3n) is 7.07. The van der Waals surface area contributed by atoms with Gasteiger partial charge in [0, 0.05) is 26.3 Å². The molecule has 0 aliphatic heterocycles. The summed E-state index contributed by atoms with van der Waals surface area (Å²) in [7, 11) is 0.368. The van der Waals surface area contributed by atoms with Crippen LogP contribution in [0.15, 0.2) is 66.3 Å². The molecule has 41 heavy (non-hydrogen) atoms. The number of carbonyl (C=O) groups is 1. The monoisotopic (exact) mass is 583 g/mol. The second-order valence-electron chi connectivity index (χ2n) is 11.2. The van der Waals surface area contributed by atoms with Gasteiger partial charge in [0.25, 0.3) is 5.69 Å². The Hall–Kier alpha value is -3.15. The normalized spacial score (nSPS) is 17.8. The van der Waals surface area contributed by atoms with Crippen molar-refractivity contribution >= 4 is 25.1 Å². The third-order valence-corrected chi connectivity index (χ3v) is 8.77. The summed E-state index contributed by atoms with van der Waals surface area (Å²) < 4.78 is 22.5. The molecule has 0 saturated carbocycles. The van der Waals surface area contributed by atoms with Crippen molar-refractivity contribution in [1.29, 1.82) is 0 Å². The van der Waals surface area contributed by atoms with E-state index in [1.165, 1.54) is 6.07 Å². The number of aliphatic hydroxyl groups is 1. The summed E-state index contributed by atoms with van der Waals surface area (Å²) in [4.78, 5) is 25.0. The predicted octanol–water partition coefficient (Wildman–Crippen LogP) is 5.66. The topological polar surface area (TPSA) is 117 Å². The number of benzene rings is 2. The van der Waals surface area contributed by atoms with Gasteiger partial charge in [-0.3, -0.25) is 14.9 Å². The highest BCUT2D eigenvalue weighted by atomic mass is 28.3. The second-order valence-corrected chi connectivity index (χ2v) is 16.8. The van der Waals surface area contributed by atoms with Crippen LogP contribution in [0.1, 0.15) is 17.5 Å². The zero-order valence-corrected chi connectivity index (χ0v) is 25.3. The molecule has 10 heteroatoms. The molecule has 0 bridgehead atoms. The summed E-state index contributed by atoms with van der Waals surface area (Å²) in [6, 6.07) is 14.8. The lowest BCUT2D eigenvalue weighted by Crippen LogP contribution is -2.34. The number of nitrogens with zero attached hydrogens (tertiary/aromatic N) is 1. The molecule has 0 spiro atoms. The van der Waals surface area contributed by atoms with Crippen LogP contribution < -0.4 is 4.74 Å². The van der Waals surface area contributed by atoms with Crippen molar-refractivity contribution in [2.75, 3.05) is 40.3 Å². The maximum absolute atomic E-state index is 13.8. The Morgan fingerprint density at radius 2 is 1.83 bits per heavy atom. The molecular weight excluding hydrogens is 542 g/mol. The van der Waals surface area contributed by atoms with E-state index in [9.17, 15) is 20.0 Å². The Morgan fingerprint density at radius 3 is 2.49 bits per heavy atom. The van der Waals surface area contributed by atoms with Crippen LogP contribution in [0.2, 0.25) is 25.7 Å². The van der Waals surface area contributed by atoms with Crippen LogP contribution in [0.3, 0.4) is 0 Å². The number of para-hydroxylation sites is 1. The number of Topliss-reactive ketones (excluding diaryl/α,β-unsaturated/α-hetero) is 1. The number of nitro groups is 1. The first-order valence-electron chi connectivity index (χ1n) is 13.8. The zero-order valence-electron chi connectivity index (χ0n) is 24.3. The van der Waals surface area contributed by atoms with E-state index in [4.69, 9.17) is 18.9 Å². The minimum absolute atomic E-state index is 0.0503. The lowest BCUT2D eigenvalue weighted by molar-refractivity contribution is -0.385. The average Bonchev–Trinajstić information content (AvgIpc) is 2.95. The minimum Gasteiger partial charge on any atom is -0.497 e. The number of aliphatic hydroxyl groups excluding tert-OH is 1. The van der Waals surface area contributed by atoms with E-state index in [1.54, 1.807) is 31.4 Å². The molecule has 0 amide bonds. The van der Waals surface area contributed by atoms with Crippen LogP contribution in [0, 0.1) is 22.0 Å². The fraction of sp³-hybridized carbons (Fsp3) is 0.452. The highest BCUT2D eigenvalue weighted by Gasteiger charge is 2.37. The van der Waals surface area contributed by atoms with Gasteiger partial charge in [-0.2, -0.15) is 0 Å². The largest absolute Gasteiger partial charge is 0.497 e. The summed E-state index contributed by atoms with van der Waals surface area (Å²) in [5.41, 5.74) is 2.11. The van der Waals surface area contributed by atoms with Crippen molar-refractivity contribution in [1.82, 2.24) is 0 Å². The molecule has 9 nitrogen and oxygen atoms in total. The molecule has 222 valence electrons. The maximum atomic E-state index is 13.8. The molecule has 1 aliphatic rings. The predicted molar refractivity (Wildman–Crippen MR) is 160 cm³/mol. The number of allylic oxidation sites excluding steroid dienone is 2. The first kappa shape index (κ1) is 32.4. The Kier molecular flexibility index (Phi) is 12.4. The molecule has 0 fully saturated rings. The van der Waals surface area contributed by atoms with Gasteiger partial charge in [-0.25, -0.2) is 0 Å². The van der Waals surface area contributed by atoms with E-state index < -0.39 is 18.9 Å². The van der Waals surface area contributed by atoms with Crippen LogP contribution in [0.25, 0.3) is 5.57 Å². The van der Waals surface area contributed by atoms with E-state index in [2.05, 4.69) is 19.6 Å². The van der Waals surface area contributed by atoms with Crippen molar-refractivity contribution in [3.8, 4) is 5.75 Å². The Morgan fingerprint density at radius 1 is 1.10 bits per heavy atom. The number of methoxy groups -OCH3 is 1. The number of hydrogen-bond donors (Lipinski definition) is 1.